The van der Waals surface area contributed by atoms with Gasteiger partial charge in [-0.1, -0.05) is 103 Å². The van der Waals surface area contributed by atoms with E-state index in [0.717, 1.165) is 16.7 Å². The number of ether oxygens (including phenoxy) is 1. The lowest BCUT2D eigenvalue weighted by Gasteiger charge is -2.35. The minimum atomic E-state index is -0.622. The number of hydrogen-bond acceptors (Lipinski definition) is 1. The molecule has 0 spiro atoms. The zero-order chi connectivity index (χ0) is 16.7. The van der Waals surface area contributed by atoms with Crippen LogP contribution in [0.4, 0.5) is 0 Å². The molecule has 3 aromatic carbocycles. The Morgan fingerprint density at radius 2 is 1.04 bits per heavy atom. The number of rotatable bonds is 6. The van der Waals surface area contributed by atoms with Gasteiger partial charge < -0.3 is 4.74 Å². The maximum absolute atomic E-state index is 6.54. The summed E-state index contributed by atoms with van der Waals surface area (Å²) in [7, 11) is 0. The number of benzene rings is 3. The van der Waals surface area contributed by atoms with Gasteiger partial charge in [0.15, 0.2) is 0 Å². The van der Waals surface area contributed by atoms with E-state index in [4.69, 9.17) is 4.74 Å². The molecule has 0 saturated heterocycles. The molecule has 0 aliphatic rings. The first-order valence-corrected chi connectivity index (χ1v) is 8.29. The van der Waals surface area contributed by atoms with Gasteiger partial charge in [-0.25, -0.2) is 0 Å². The molecular weight excluding hydrogens is 292 g/mol. The highest BCUT2D eigenvalue weighted by Gasteiger charge is 2.37. The van der Waals surface area contributed by atoms with E-state index in [0.29, 0.717) is 6.61 Å². The lowest BCUT2D eigenvalue weighted by molar-refractivity contribution is 0.0319. The molecule has 0 N–H and O–H groups in total. The van der Waals surface area contributed by atoms with Gasteiger partial charge in [-0.3, -0.25) is 0 Å². The molecule has 0 bridgehead atoms. The average molecular weight is 314 g/mol. The van der Waals surface area contributed by atoms with E-state index in [1.54, 1.807) is 0 Å². The van der Waals surface area contributed by atoms with Crippen LogP contribution in [-0.4, -0.2) is 6.61 Å². The van der Waals surface area contributed by atoms with Crippen molar-refractivity contribution in [1.29, 1.82) is 0 Å². The minimum Gasteiger partial charge on any atom is -0.357 e. The van der Waals surface area contributed by atoms with Crippen molar-refractivity contribution < 1.29 is 4.74 Å². The molecule has 0 aliphatic heterocycles. The Balaban J connectivity index is 2.24. The predicted molar refractivity (Wildman–Crippen MR) is 100.0 cm³/mol. The van der Waals surface area contributed by atoms with Crippen LogP contribution in [0.1, 0.15) is 23.6 Å². The molecule has 24 heavy (non-hydrogen) atoms. The van der Waals surface area contributed by atoms with Crippen LogP contribution in [0.25, 0.3) is 0 Å². The zero-order valence-corrected chi connectivity index (χ0v) is 13.9. The van der Waals surface area contributed by atoms with Crippen molar-refractivity contribution in [2.24, 2.45) is 0 Å². The van der Waals surface area contributed by atoms with Crippen LogP contribution < -0.4 is 0 Å². The fraction of sp³-hybridized carbons (Fsp3) is 0.130. The molecule has 0 heterocycles. The van der Waals surface area contributed by atoms with Crippen molar-refractivity contribution in [2.75, 3.05) is 6.61 Å². The van der Waals surface area contributed by atoms with Crippen molar-refractivity contribution in [2.45, 2.75) is 12.5 Å². The first-order valence-electron chi connectivity index (χ1n) is 8.29. The van der Waals surface area contributed by atoms with Crippen LogP contribution in [-0.2, 0) is 10.3 Å². The average Bonchev–Trinajstić information content (AvgIpc) is 2.68. The molecule has 120 valence electrons. The van der Waals surface area contributed by atoms with E-state index in [9.17, 15) is 0 Å². The first-order chi connectivity index (χ1) is 11.9. The Hall–Kier alpha value is -2.64. The van der Waals surface area contributed by atoms with Gasteiger partial charge in [0, 0.05) is 0 Å². The van der Waals surface area contributed by atoms with Crippen LogP contribution >= 0.6 is 0 Å². The highest BCUT2D eigenvalue weighted by molar-refractivity contribution is 5.47. The van der Waals surface area contributed by atoms with Gasteiger partial charge in [-0.15, -0.1) is 0 Å². The lowest BCUT2D eigenvalue weighted by atomic mass is 9.80. The van der Waals surface area contributed by atoms with Crippen LogP contribution in [0.15, 0.2) is 103 Å². The minimum absolute atomic E-state index is 0.551. The summed E-state index contributed by atoms with van der Waals surface area (Å²) >= 11 is 0. The third kappa shape index (κ3) is 3.17. The van der Waals surface area contributed by atoms with E-state index >= 15 is 0 Å². The summed E-state index contributed by atoms with van der Waals surface area (Å²) < 4.78 is 6.54. The summed E-state index contributed by atoms with van der Waals surface area (Å²) in [6, 6.07) is 31.3. The standard InChI is InChI=1S/C23H22O/c1-2-3-19-24-23(20-13-7-4-8-14-20,21-15-9-5-10-16-21)22-17-11-6-12-18-22/h2-18H,19H2,1H3/b3-2-. The Morgan fingerprint density at radius 1 is 0.667 bits per heavy atom. The molecule has 0 fully saturated rings. The summed E-state index contributed by atoms with van der Waals surface area (Å²) in [5.41, 5.74) is 2.77. The molecule has 1 nitrogen and oxygen atoms in total. The SMILES string of the molecule is C/C=C\COC(c1ccccc1)(c1ccccc1)c1ccccc1. The van der Waals surface area contributed by atoms with Gasteiger partial charge in [-0.05, 0) is 23.6 Å². The number of hydrogen-bond donors (Lipinski definition) is 0. The molecule has 0 unspecified atom stereocenters. The fourth-order valence-electron chi connectivity index (χ4n) is 3.04. The molecule has 3 rings (SSSR count). The van der Waals surface area contributed by atoms with Gasteiger partial charge in [0.05, 0.1) is 6.61 Å². The lowest BCUT2D eigenvalue weighted by Crippen LogP contribution is -2.33. The highest BCUT2D eigenvalue weighted by Crippen LogP contribution is 2.40. The Labute approximate surface area is 144 Å². The Bertz CT molecular complexity index is 664. The molecule has 0 atom stereocenters. The summed E-state index contributed by atoms with van der Waals surface area (Å²) in [4.78, 5) is 0. The third-order valence-electron chi connectivity index (χ3n) is 4.17. The summed E-state index contributed by atoms with van der Waals surface area (Å²) in [5, 5.41) is 0. The quantitative estimate of drug-likeness (QED) is 0.427. The second-order valence-corrected chi connectivity index (χ2v) is 5.66. The van der Waals surface area contributed by atoms with Crippen molar-refractivity contribution >= 4 is 0 Å². The molecule has 0 radical (unpaired) electrons. The summed E-state index contributed by atoms with van der Waals surface area (Å²) in [5.74, 6) is 0. The molecule has 3 aromatic rings. The van der Waals surface area contributed by atoms with E-state index in [-0.39, 0.29) is 0 Å². The van der Waals surface area contributed by atoms with Gasteiger partial charge >= 0.3 is 0 Å². The molecule has 0 aliphatic carbocycles. The van der Waals surface area contributed by atoms with Crippen LogP contribution in [0, 0.1) is 0 Å². The maximum Gasteiger partial charge on any atom is 0.144 e. The van der Waals surface area contributed by atoms with E-state index < -0.39 is 5.60 Å². The van der Waals surface area contributed by atoms with Crippen molar-refractivity contribution in [1.82, 2.24) is 0 Å². The smallest absolute Gasteiger partial charge is 0.144 e. The van der Waals surface area contributed by atoms with Gasteiger partial charge in [-0.2, -0.15) is 0 Å². The maximum atomic E-state index is 6.54. The molecular formula is C23H22O. The summed E-state index contributed by atoms with van der Waals surface area (Å²) in [6.07, 6.45) is 4.06. The van der Waals surface area contributed by atoms with E-state index in [1.807, 2.05) is 37.3 Å². The van der Waals surface area contributed by atoms with Gasteiger partial charge in [0.1, 0.15) is 5.60 Å². The van der Waals surface area contributed by atoms with Crippen LogP contribution in [0.3, 0.4) is 0 Å². The van der Waals surface area contributed by atoms with Crippen molar-refractivity contribution in [3.05, 3.63) is 120 Å². The summed E-state index contributed by atoms with van der Waals surface area (Å²) in [6.45, 7) is 2.56. The zero-order valence-electron chi connectivity index (χ0n) is 13.9. The van der Waals surface area contributed by atoms with Gasteiger partial charge in [0.25, 0.3) is 0 Å². The third-order valence-corrected chi connectivity index (χ3v) is 4.17. The fourth-order valence-corrected chi connectivity index (χ4v) is 3.04. The van der Waals surface area contributed by atoms with Crippen molar-refractivity contribution in [3.8, 4) is 0 Å². The Kier molecular flexibility index (Phi) is 5.25. The van der Waals surface area contributed by atoms with Crippen molar-refractivity contribution in [3.63, 3.8) is 0 Å². The largest absolute Gasteiger partial charge is 0.357 e. The number of allylic oxidation sites excluding steroid dienone is 1. The normalized spacial score (nSPS) is 11.7. The van der Waals surface area contributed by atoms with Crippen LogP contribution in [0.2, 0.25) is 0 Å². The molecule has 1 heteroatoms. The molecule has 0 aromatic heterocycles. The monoisotopic (exact) mass is 314 g/mol. The molecule has 0 saturated carbocycles. The Morgan fingerprint density at radius 3 is 1.38 bits per heavy atom. The van der Waals surface area contributed by atoms with E-state index in [1.165, 1.54) is 0 Å². The first kappa shape index (κ1) is 16.2. The van der Waals surface area contributed by atoms with E-state index in [2.05, 4.69) is 72.8 Å². The van der Waals surface area contributed by atoms with Crippen LogP contribution in [0.5, 0.6) is 0 Å². The topological polar surface area (TPSA) is 9.23 Å². The van der Waals surface area contributed by atoms with Gasteiger partial charge in [0.2, 0.25) is 0 Å². The highest BCUT2D eigenvalue weighted by atomic mass is 16.5. The second-order valence-electron chi connectivity index (χ2n) is 5.66. The second kappa shape index (κ2) is 7.76. The predicted octanol–water partition coefficient (Wildman–Crippen LogP) is 5.57. The molecule has 0 amide bonds.